The number of hydrogen-bond donors (Lipinski definition) is 2. The average Bonchev–Trinajstić information content (AvgIpc) is 2.96. The second-order valence-corrected chi connectivity index (χ2v) is 6.48. The molecule has 154 valence electrons. The number of aliphatic hydroxyl groups is 2. The summed E-state index contributed by atoms with van der Waals surface area (Å²) in [4.78, 5) is 29.9. The second kappa shape index (κ2) is 8.76. The minimum atomic E-state index is -2.26. The van der Waals surface area contributed by atoms with E-state index in [4.69, 9.17) is 25.9 Å². The Kier molecular flexibility index (Phi) is 6.87. The summed E-state index contributed by atoms with van der Waals surface area (Å²) in [5.41, 5.74) is -2.61. The molecule has 0 amide bonds. The molecule has 9 nitrogen and oxygen atoms in total. The molecule has 0 fully saturated rings. The van der Waals surface area contributed by atoms with Crippen molar-refractivity contribution < 1.29 is 39.0 Å². The largest absolute Gasteiger partial charge is 0.465 e. The maximum Gasteiger partial charge on any atom is 0.346 e. The number of esters is 2. The van der Waals surface area contributed by atoms with Crippen molar-refractivity contribution in [3.63, 3.8) is 0 Å². The van der Waals surface area contributed by atoms with Crippen LogP contribution in [-0.4, -0.2) is 63.8 Å². The van der Waals surface area contributed by atoms with Gasteiger partial charge in [-0.1, -0.05) is 29.8 Å². The van der Waals surface area contributed by atoms with Gasteiger partial charge in [-0.15, -0.1) is 0 Å². The van der Waals surface area contributed by atoms with Crippen LogP contribution in [0.15, 0.2) is 24.3 Å². The van der Waals surface area contributed by atoms with Crippen LogP contribution in [0.25, 0.3) is 0 Å². The summed E-state index contributed by atoms with van der Waals surface area (Å²) >= 11 is 6.26. The first-order valence-corrected chi connectivity index (χ1v) is 9.07. The zero-order valence-corrected chi connectivity index (χ0v) is 16.4. The molecule has 1 aliphatic rings. The lowest BCUT2D eigenvalue weighted by Gasteiger charge is -2.35. The predicted octanol–water partition coefficient (Wildman–Crippen LogP) is 0.927. The molecule has 0 spiro atoms. The van der Waals surface area contributed by atoms with Crippen LogP contribution in [0, 0.1) is 5.21 Å². The maximum absolute atomic E-state index is 12.8. The highest BCUT2D eigenvalue weighted by atomic mass is 35.5. The minimum Gasteiger partial charge on any atom is -0.465 e. The highest BCUT2D eigenvalue weighted by molar-refractivity contribution is 6.32. The van der Waals surface area contributed by atoms with E-state index >= 15 is 0 Å². The highest BCUT2D eigenvalue weighted by Crippen LogP contribution is 2.44. The summed E-state index contributed by atoms with van der Waals surface area (Å²) < 4.78 is 9.80. The molecule has 1 aromatic carbocycles. The lowest BCUT2D eigenvalue weighted by molar-refractivity contribution is -0.751. The predicted molar refractivity (Wildman–Crippen MR) is 97.6 cm³/mol. The van der Waals surface area contributed by atoms with Crippen LogP contribution in [0.1, 0.15) is 32.3 Å². The third-order valence-electron chi connectivity index (χ3n) is 4.39. The summed E-state index contributed by atoms with van der Waals surface area (Å²) in [5.74, 6) is -3.55. The van der Waals surface area contributed by atoms with Gasteiger partial charge in [-0.2, -0.15) is 0 Å². The molecule has 10 heteroatoms. The Bertz CT molecular complexity index is 781. The molecule has 1 aromatic rings. The molecule has 2 rings (SSSR count). The van der Waals surface area contributed by atoms with Crippen molar-refractivity contribution in [2.75, 3.05) is 13.2 Å². The van der Waals surface area contributed by atoms with Crippen molar-refractivity contribution in [2.24, 2.45) is 0 Å². The molecular formula is C18H22ClNO8. The highest BCUT2D eigenvalue weighted by Gasteiger charge is 2.64. The molecule has 28 heavy (non-hydrogen) atoms. The van der Waals surface area contributed by atoms with Gasteiger partial charge in [-0.25, -0.2) is 4.79 Å². The Morgan fingerprint density at radius 2 is 1.89 bits per heavy atom. The fourth-order valence-electron chi connectivity index (χ4n) is 3.15. The summed E-state index contributed by atoms with van der Waals surface area (Å²) in [5, 5.41) is 33.6. The van der Waals surface area contributed by atoms with Gasteiger partial charge < -0.3 is 24.5 Å². The first kappa shape index (κ1) is 21.9. The first-order chi connectivity index (χ1) is 13.2. The molecule has 2 N–H and O–H groups in total. The van der Waals surface area contributed by atoms with Crippen LogP contribution in [0.5, 0.6) is 0 Å². The standard InChI is InChI=1S/C18H22ClNO8/c1-4-26-16(23)15(22)14-13(11-8-6-7-9-12(11)19)18(10(3)21,28-20(14)25)17(24)27-5-2/h6-10,13,15,21-22H,4-5H2,1-3H3/t10-,13+,15+,18+/m1/s1. The van der Waals surface area contributed by atoms with Gasteiger partial charge in [0.05, 0.1) is 19.3 Å². The molecule has 0 saturated heterocycles. The number of carbonyl (C=O) groups is 2. The number of rotatable bonds is 7. The van der Waals surface area contributed by atoms with E-state index in [1.54, 1.807) is 19.1 Å². The Labute approximate surface area is 166 Å². The fraction of sp³-hybridized carbons (Fsp3) is 0.500. The molecule has 1 aliphatic heterocycles. The van der Waals surface area contributed by atoms with Gasteiger partial charge in [0.25, 0.3) is 5.71 Å². The molecule has 0 bridgehead atoms. The lowest BCUT2D eigenvalue weighted by atomic mass is 9.75. The third-order valence-corrected chi connectivity index (χ3v) is 4.73. The fourth-order valence-corrected chi connectivity index (χ4v) is 3.40. The SMILES string of the molecule is CCOC(=O)[C@@H](O)C1=[N+]([O-])O[C@@](C(=O)OCC)([C@@H](C)O)[C@H]1c1ccccc1Cl. The normalized spacial score (nSPS) is 23.7. The maximum atomic E-state index is 12.8. The van der Waals surface area contributed by atoms with E-state index in [0.717, 1.165) is 0 Å². The van der Waals surface area contributed by atoms with Gasteiger partial charge in [0.2, 0.25) is 11.7 Å². The Hall–Kier alpha value is -2.36. The van der Waals surface area contributed by atoms with Crippen LogP contribution in [0.3, 0.4) is 0 Å². The molecule has 0 saturated carbocycles. The number of benzene rings is 1. The topological polar surface area (TPSA) is 128 Å². The van der Waals surface area contributed by atoms with Crippen LogP contribution in [0.4, 0.5) is 0 Å². The van der Waals surface area contributed by atoms with Gasteiger partial charge in [0.15, 0.2) is 0 Å². The lowest BCUT2D eigenvalue weighted by Crippen LogP contribution is -2.56. The smallest absolute Gasteiger partial charge is 0.346 e. The van der Waals surface area contributed by atoms with E-state index in [9.17, 15) is 25.0 Å². The Morgan fingerprint density at radius 1 is 1.29 bits per heavy atom. The van der Waals surface area contributed by atoms with Gasteiger partial charge in [-0.05, 0) is 32.4 Å². The summed E-state index contributed by atoms with van der Waals surface area (Å²) in [6.07, 6.45) is -3.61. The van der Waals surface area contributed by atoms with Gasteiger partial charge in [0, 0.05) is 9.92 Å². The number of halogens is 1. The molecule has 0 aliphatic carbocycles. The van der Waals surface area contributed by atoms with Crippen molar-refractivity contribution in [1.29, 1.82) is 0 Å². The zero-order chi connectivity index (χ0) is 21.1. The molecule has 0 aromatic heterocycles. The van der Waals surface area contributed by atoms with Crippen molar-refractivity contribution in [3.8, 4) is 0 Å². The van der Waals surface area contributed by atoms with Gasteiger partial charge in [0.1, 0.15) is 5.92 Å². The van der Waals surface area contributed by atoms with Crippen LogP contribution >= 0.6 is 11.6 Å². The van der Waals surface area contributed by atoms with Crippen LogP contribution in [-0.2, 0) is 23.9 Å². The Balaban J connectivity index is 2.71. The number of aliphatic hydroxyl groups excluding tert-OH is 2. The van der Waals surface area contributed by atoms with E-state index < -0.39 is 41.4 Å². The van der Waals surface area contributed by atoms with Gasteiger partial charge >= 0.3 is 11.9 Å². The van der Waals surface area contributed by atoms with E-state index in [1.807, 2.05) is 0 Å². The van der Waals surface area contributed by atoms with E-state index in [-0.39, 0.29) is 28.7 Å². The van der Waals surface area contributed by atoms with Crippen molar-refractivity contribution in [2.45, 2.75) is 44.5 Å². The van der Waals surface area contributed by atoms with Crippen molar-refractivity contribution >= 4 is 29.3 Å². The number of hydrogen-bond acceptors (Lipinski definition) is 8. The average molecular weight is 416 g/mol. The van der Waals surface area contributed by atoms with Crippen LogP contribution in [0.2, 0.25) is 5.02 Å². The molecule has 0 unspecified atom stereocenters. The molecule has 1 heterocycles. The van der Waals surface area contributed by atoms with Gasteiger partial charge in [-0.3, -0.25) is 10.0 Å². The van der Waals surface area contributed by atoms with Crippen molar-refractivity contribution in [1.82, 2.24) is 0 Å². The van der Waals surface area contributed by atoms with Crippen LogP contribution < -0.4 is 0 Å². The zero-order valence-electron chi connectivity index (χ0n) is 15.6. The minimum absolute atomic E-state index is 0.0426. The first-order valence-electron chi connectivity index (χ1n) is 8.69. The number of carbonyl (C=O) groups excluding carboxylic acids is 2. The van der Waals surface area contributed by atoms with E-state index in [2.05, 4.69) is 0 Å². The Morgan fingerprint density at radius 3 is 2.43 bits per heavy atom. The molecule has 0 radical (unpaired) electrons. The molecule has 4 atom stereocenters. The monoisotopic (exact) mass is 415 g/mol. The quantitative estimate of drug-likeness (QED) is 0.497. The molecular weight excluding hydrogens is 394 g/mol. The second-order valence-electron chi connectivity index (χ2n) is 6.07. The van der Waals surface area contributed by atoms with Crippen molar-refractivity contribution in [3.05, 3.63) is 40.1 Å². The summed E-state index contributed by atoms with van der Waals surface area (Å²) in [6.45, 7) is 4.20. The summed E-state index contributed by atoms with van der Waals surface area (Å²) in [6, 6.07) is 6.19. The number of nitrogens with zero attached hydrogens (tertiary/aromatic N) is 1. The number of ether oxygens (including phenoxy) is 2. The van der Waals surface area contributed by atoms with E-state index in [1.165, 1.54) is 26.0 Å². The third kappa shape index (κ3) is 3.65. The van der Waals surface area contributed by atoms with E-state index in [0.29, 0.717) is 0 Å². The summed E-state index contributed by atoms with van der Waals surface area (Å²) in [7, 11) is 0.